The lowest BCUT2D eigenvalue weighted by molar-refractivity contribution is -0.136. The second-order valence-electron chi connectivity index (χ2n) is 6.06. The molecule has 0 saturated heterocycles. The highest BCUT2D eigenvalue weighted by Crippen LogP contribution is 2.39. The molecular weight excluding hydrogens is 268 g/mol. The molecule has 1 saturated carbocycles. The molecule has 0 radical (unpaired) electrons. The number of benzene rings is 1. The average Bonchev–Trinajstić information content (AvgIpc) is 2.42. The topological polar surface area (TPSA) is 78.4 Å². The number of carboxylic acid groups (broad SMARTS) is 1. The zero-order chi connectivity index (χ0) is 15.3. The van der Waals surface area contributed by atoms with Crippen LogP contribution in [-0.2, 0) is 11.2 Å². The van der Waals surface area contributed by atoms with Crippen molar-refractivity contribution in [3.8, 4) is 0 Å². The van der Waals surface area contributed by atoms with Crippen molar-refractivity contribution in [2.75, 3.05) is 11.9 Å². The number of anilines is 1. The number of rotatable bonds is 6. The van der Waals surface area contributed by atoms with Gasteiger partial charge in [0, 0.05) is 18.7 Å². The Morgan fingerprint density at radius 2 is 1.90 bits per heavy atom. The molecule has 1 aliphatic carbocycles. The summed E-state index contributed by atoms with van der Waals surface area (Å²) in [4.78, 5) is 22.3. The van der Waals surface area contributed by atoms with E-state index in [0.29, 0.717) is 18.7 Å². The molecular formula is C16H22N2O3. The Labute approximate surface area is 124 Å². The van der Waals surface area contributed by atoms with E-state index >= 15 is 0 Å². The van der Waals surface area contributed by atoms with Crippen molar-refractivity contribution in [3.63, 3.8) is 0 Å². The van der Waals surface area contributed by atoms with Gasteiger partial charge < -0.3 is 15.7 Å². The lowest BCUT2D eigenvalue weighted by atomic mass is 9.70. The number of hydrogen-bond acceptors (Lipinski definition) is 2. The van der Waals surface area contributed by atoms with Crippen LogP contribution in [0.3, 0.4) is 0 Å². The Bertz CT molecular complexity index is 507. The average molecular weight is 290 g/mol. The van der Waals surface area contributed by atoms with Crippen molar-refractivity contribution in [2.45, 2.75) is 39.0 Å². The molecule has 0 atom stereocenters. The van der Waals surface area contributed by atoms with Gasteiger partial charge in [-0.05, 0) is 42.4 Å². The highest BCUT2D eigenvalue weighted by molar-refractivity contribution is 5.89. The number of carbonyl (C=O) groups excluding carboxylic acids is 1. The van der Waals surface area contributed by atoms with Gasteiger partial charge in [0.25, 0.3) is 0 Å². The van der Waals surface area contributed by atoms with Crippen LogP contribution in [0.15, 0.2) is 24.3 Å². The van der Waals surface area contributed by atoms with E-state index in [4.69, 9.17) is 5.11 Å². The third kappa shape index (κ3) is 4.77. The maximum atomic E-state index is 11.8. The van der Waals surface area contributed by atoms with Crippen molar-refractivity contribution in [2.24, 2.45) is 5.41 Å². The smallest absolute Gasteiger partial charge is 0.319 e. The van der Waals surface area contributed by atoms with Gasteiger partial charge in [0.05, 0.1) is 0 Å². The third-order valence-electron chi connectivity index (χ3n) is 4.08. The highest BCUT2D eigenvalue weighted by Gasteiger charge is 2.31. The molecule has 1 aromatic rings. The maximum absolute atomic E-state index is 11.8. The second kappa shape index (κ2) is 6.61. The minimum Gasteiger partial charge on any atom is -0.481 e. The van der Waals surface area contributed by atoms with E-state index in [1.54, 1.807) is 12.1 Å². The van der Waals surface area contributed by atoms with E-state index in [0.717, 1.165) is 5.56 Å². The van der Waals surface area contributed by atoms with Gasteiger partial charge in [0.2, 0.25) is 0 Å². The van der Waals surface area contributed by atoms with Crippen LogP contribution in [-0.4, -0.2) is 23.7 Å². The summed E-state index contributed by atoms with van der Waals surface area (Å²) in [5.74, 6) is -0.805. The van der Waals surface area contributed by atoms with E-state index in [9.17, 15) is 9.59 Å². The van der Waals surface area contributed by atoms with Crippen molar-refractivity contribution >= 4 is 17.7 Å². The first-order valence-corrected chi connectivity index (χ1v) is 7.32. The van der Waals surface area contributed by atoms with Gasteiger partial charge >= 0.3 is 12.0 Å². The zero-order valence-corrected chi connectivity index (χ0v) is 12.3. The molecule has 1 aliphatic rings. The lowest BCUT2D eigenvalue weighted by Crippen LogP contribution is -2.41. The molecule has 0 spiro atoms. The standard InChI is InChI=1S/C16H22N2O3/c1-16(9-2-10-16)11-17-15(21)18-13-6-3-12(4-7-13)5-8-14(19)20/h3-4,6-7H,2,5,8-11H2,1H3,(H,19,20)(H2,17,18,21). The maximum Gasteiger partial charge on any atom is 0.319 e. The summed E-state index contributed by atoms with van der Waals surface area (Å²) in [7, 11) is 0. The molecule has 0 bridgehead atoms. The second-order valence-corrected chi connectivity index (χ2v) is 6.06. The minimum absolute atomic E-state index is 0.117. The summed E-state index contributed by atoms with van der Waals surface area (Å²) in [5.41, 5.74) is 1.92. The molecule has 0 heterocycles. The summed E-state index contributed by atoms with van der Waals surface area (Å²) in [6.07, 6.45) is 4.21. The molecule has 0 aromatic heterocycles. The molecule has 1 aromatic carbocycles. The van der Waals surface area contributed by atoms with E-state index in [1.165, 1.54) is 19.3 Å². The Kier molecular flexibility index (Phi) is 4.83. The van der Waals surface area contributed by atoms with Gasteiger partial charge in [-0.2, -0.15) is 0 Å². The van der Waals surface area contributed by atoms with Crippen LogP contribution < -0.4 is 10.6 Å². The number of carbonyl (C=O) groups is 2. The van der Waals surface area contributed by atoms with Gasteiger partial charge in [-0.1, -0.05) is 25.5 Å². The summed E-state index contributed by atoms with van der Waals surface area (Å²) < 4.78 is 0. The number of nitrogens with one attached hydrogen (secondary N) is 2. The number of aliphatic carboxylic acids is 1. The predicted molar refractivity (Wildman–Crippen MR) is 81.4 cm³/mol. The number of aryl methyl sites for hydroxylation is 1. The van der Waals surface area contributed by atoms with Crippen molar-refractivity contribution in [1.29, 1.82) is 0 Å². The molecule has 2 rings (SSSR count). The first-order valence-electron chi connectivity index (χ1n) is 7.32. The fourth-order valence-electron chi connectivity index (χ4n) is 2.43. The first kappa shape index (κ1) is 15.4. The van der Waals surface area contributed by atoms with Crippen LogP contribution in [0.1, 0.15) is 38.2 Å². The van der Waals surface area contributed by atoms with Crippen LogP contribution in [0.2, 0.25) is 0 Å². The molecule has 0 aliphatic heterocycles. The van der Waals surface area contributed by atoms with E-state index in [-0.39, 0.29) is 17.9 Å². The molecule has 2 amide bonds. The van der Waals surface area contributed by atoms with Crippen LogP contribution in [0.5, 0.6) is 0 Å². The Morgan fingerprint density at radius 3 is 2.43 bits per heavy atom. The van der Waals surface area contributed by atoms with E-state index in [1.807, 2.05) is 12.1 Å². The monoisotopic (exact) mass is 290 g/mol. The molecule has 0 unspecified atom stereocenters. The van der Waals surface area contributed by atoms with Crippen molar-refractivity contribution < 1.29 is 14.7 Å². The number of urea groups is 1. The highest BCUT2D eigenvalue weighted by atomic mass is 16.4. The quantitative estimate of drug-likeness (QED) is 0.753. The fraction of sp³-hybridized carbons (Fsp3) is 0.500. The van der Waals surface area contributed by atoms with Crippen molar-refractivity contribution in [3.05, 3.63) is 29.8 Å². The molecule has 21 heavy (non-hydrogen) atoms. The normalized spacial score (nSPS) is 15.9. The predicted octanol–water partition coefficient (Wildman–Crippen LogP) is 3.02. The van der Waals surface area contributed by atoms with Crippen molar-refractivity contribution in [1.82, 2.24) is 5.32 Å². The van der Waals surface area contributed by atoms with Crippen LogP contribution >= 0.6 is 0 Å². The van der Waals surface area contributed by atoms with E-state index < -0.39 is 5.97 Å². The molecule has 5 nitrogen and oxygen atoms in total. The first-order chi connectivity index (χ1) is 9.97. The summed E-state index contributed by atoms with van der Waals surface area (Å²) in [6, 6.07) is 7.07. The molecule has 3 N–H and O–H groups in total. The number of hydrogen-bond donors (Lipinski definition) is 3. The van der Waals surface area contributed by atoms with Gasteiger partial charge in [-0.3, -0.25) is 4.79 Å². The molecule has 114 valence electrons. The van der Waals surface area contributed by atoms with Gasteiger partial charge in [-0.25, -0.2) is 4.79 Å². The molecule has 1 fully saturated rings. The number of amides is 2. The van der Waals surface area contributed by atoms with Crippen LogP contribution in [0, 0.1) is 5.41 Å². The van der Waals surface area contributed by atoms with Gasteiger partial charge in [-0.15, -0.1) is 0 Å². The molecule has 5 heteroatoms. The Hall–Kier alpha value is -2.04. The van der Waals surface area contributed by atoms with Gasteiger partial charge in [0.15, 0.2) is 0 Å². The largest absolute Gasteiger partial charge is 0.481 e. The third-order valence-corrected chi connectivity index (χ3v) is 4.08. The summed E-state index contributed by atoms with van der Waals surface area (Å²) in [6.45, 7) is 2.89. The van der Waals surface area contributed by atoms with Crippen LogP contribution in [0.25, 0.3) is 0 Å². The SMILES string of the molecule is CC1(CNC(=O)Nc2ccc(CCC(=O)O)cc2)CCC1. The minimum atomic E-state index is -0.805. The zero-order valence-electron chi connectivity index (χ0n) is 12.3. The summed E-state index contributed by atoms with van der Waals surface area (Å²) >= 11 is 0. The summed E-state index contributed by atoms with van der Waals surface area (Å²) in [5, 5.41) is 14.3. The van der Waals surface area contributed by atoms with E-state index in [2.05, 4.69) is 17.6 Å². The van der Waals surface area contributed by atoms with Gasteiger partial charge in [0.1, 0.15) is 0 Å². The Balaban J connectivity index is 1.76. The fourth-order valence-corrected chi connectivity index (χ4v) is 2.43. The number of carboxylic acids is 1. The van der Waals surface area contributed by atoms with Crippen LogP contribution in [0.4, 0.5) is 10.5 Å². The lowest BCUT2D eigenvalue weighted by Gasteiger charge is -2.38. The Morgan fingerprint density at radius 1 is 1.24 bits per heavy atom.